The van der Waals surface area contributed by atoms with Crippen molar-refractivity contribution < 1.29 is 22.7 Å². The third kappa shape index (κ3) is 4.40. The molecule has 1 aromatic carbocycles. The maximum Gasteiger partial charge on any atom is 0.321 e. The Morgan fingerprint density at radius 1 is 1.22 bits per heavy atom. The number of rotatable bonds is 3. The number of para-hydroxylation sites is 1. The van der Waals surface area contributed by atoms with Gasteiger partial charge in [0.15, 0.2) is 0 Å². The highest BCUT2D eigenvalue weighted by atomic mass is 32.2. The number of likely N-dealkylation sites (tertiary alicyclic amines) is 1. The molecular formula is C17H24N4O5S. The normalized spacial score (nSPS) is 24.7. The fourth-order valence-corrected chi connectivity index (χ4v) is 4.67. The third-order valence-corrected chi connectivity index (χ3v) is 6.54. The van der Waals surface area contributed by atoms with Crippen molar-refractivity contribution in [1.82, 2.24) is 14.1 Å². The topological polar surface area (TPSA) is 99.3 Å². The van der Waals surface area contributed by atoms with Crippen LogP contribution < -0.4 is 5.32 Å². The zero-order chi connectivity index (χ0) is 19.6. The Morgan fingerprint density at radius 3 is 2.59 bits per heavy atom. The summed E-state index contributed by atoms with van der Waals surface area (Å²) in [6.07, 6.45) is -0.459. The van der Waals surface area contributed by atoms with E-state index >= 15 is 0 Å². The van der Waals surface area contributed by atoms with E-state index in [0.717, 1.165) is 0 Å². The first-order valence-electron chi connectivity index (χ1n) is 8.70. The molecule has 2 atom stereocenters. The Labute approximate surface area is 158 Å². The standard InChI is InChI=1S/C17H24N4O5S/c1-19(2)16(22)12-21-14-10-20(11-15(14)26-8-9-27(21,24)25)17(23)18-13-6-4-3-5-7-13/h3-7,14-15H,8-12H2,1-2H3,(H,18,23)/t14-,15+/m1/s1. The predicted octanol–water partition coefficient (Wildman–Crippen LogP) is 0.0215. The van der Waals surface area contributed by atoms with Crippen LogP contribution in [0, 0.1) is 0 Å². The first-order chi connectivity index (χ1) is 12.8. The number of benzene rings is 1. The second-order valence-electron chi connectivity index (χ2n) is 6.83. The van der Waals surface area contributed by atoms with Gasteiger partial charge in [0, 0.05) is 26.3 Å². The lowest BCUT2D eigenvalue weighted by atomic mass is 10.2. The van der Waals surface area contributed by atoms with Crippen LogP contribution in [0.4, 0.5) is 10.5 Å². The highest BCUT2D eigenvalue weighted by molar-refractivity contribution is 7.89. The maximum atomic E-state index is 12.6. The fourth-order valence-electron chi connectivity index (χ4n) is 3.21. The van der Waals surface area contributed by atoms with Crippen LogP contribution >= 0.6 is 0 Å². The minimum Gasteiger partial charge on any atom is -0.374 e. The van der Waals surface area contributed by atoms with Gasteiger partial charge in [0.05, 0.1) is 37.6 Å². The second-order valence-corrected chi connectivity index (χ2v) is 8.87. The summed E-state index contributed by atoms with van der Waals surface area (Å²) in [5.74, 6) is -0.483. The SMILES string of the molecule is CN(C)C(=O)CN1[C@@H]2CN(C(=O)Nc3ccccc3)C[C@@H]2OCCS1(=O)=O. The van der Waals surface area contributed by atoms with E-state index in [-0.39, 0.29) is 43.9 Å². The van der Waals surface area contributed by atoms with E-state index in [1.54, 1.807) is 26.2 Å². The molecule has 0 unspecified atom stereocenters. The van der Waals surface area contributed by atoms with Gasteiger partial charge in [-0.2, -0.15) is 4.31 Å². The number of nitrogens with zero attached hydrogens (tertiary/aromatic N) is 3. The number of carbonyl (C=O) groups is 2. The number of fused-ring (bicyclic) bond motifs is 1. The molecule has 3 rings (SSSR count). The van der Waals surface area contributed by atoms with Crippen LogP contribution in [0.25, 0.3) is 0 Å². The van der Waals surface area contributed by atoms with Crippen LogP contribution in [0.15, 0.2) is 30.3 Å². The summed E-state index contributed by atoms with van der Waals surface area (Å²) in [5, 5.41) is 2.79. The molecular weight excluding hydrogens is 372 g/mol. The highest BCUT2D eigenvalue weighted by Gasteiger charge is 2.46. The van der Waals surface area contributed by atoms with Gasteiger partial charge in [-0.3, -0.25) is 4.79 Å². The van der Waals surface area contributed by atoms with Gasteiger partial charge in [-0.05, 0) is 12.1 Å². The molecule has 10 heteroatoms. The monoisotopic (exact) mass is 396 g/mol. The molecule has 3 amide bonds. The number of sulfonamides is 1. The van der Waals surface area contributed by atoms with Crippen LogP contribution in [-0.2, 0) is 19.6 Å². The number of amides is 3. The van der Waals surface area contributed by atoms with E-state index in [4.69, 9.17) is 4.74 Å². The van der Waals surface area contributed by atoms with Crippen molar-refractivity contribution in [3.05, 3.63) is 30.3 Å². The summed E-state index contributed by atoms with van der Waals surface area (Å²) in [5.41, 5.74) is 0.655. The van der Waals surface area contributed by atoms with Crippen LogP contribution in [0.5, 0.6) is 0 Å². The Hall–Kier alpha value is -2.17. The largest absolute Gasteiger partial charge is 0.374 e. The number of hydrogen-bond acceptors (Lipinski definition) is 5. The molecule has 2 heterocycles. The van der Waals surface area contributed by atoms with Crippen molar-refractivity contribution in [2.75, 3.05) is 51.4 Å². The van der Waals surface area contributed by atoms with Gasteiger partial charge in [0.2, 0.25) is 15.9 Å². The van der Waals surface area contributed by atoms with Crippen molar-refractivity contribution in [2.45, 2.75) is 12.1 Å². The smallest absolute Gasteiger partial charge is 0.321 e. The molecule has 9 nitrogen and oxygen atoms in total. The first-order valence-corrected chi connectivity index (χ1v) is 10.3. The van der Waals surface area contributed by atoms with E-state index in [1.807, 2.05) is 18.2 Å². The number of nitrogens with one attached hydrogen (secondary N) is 1. The van der Waals surface area contributed by atoms with Gasteiger partial charge < -0.3 is 19.9 Å². The van der Waals surface area contributed by atoms with Crippen molar-refractivity contribution in [3.63, 3.8) is 0 Å². The molecule has 0 aromatic heterocycles. The number of ether oxygens (including phenoxy) is 1. The molecule has 1 N–H and O–H groups in total. The van der Waals surface area contributed by atoms with Crippen molar-refractivity contribution in [3.8, 4) is 0 Å². The molecule has 148 valence electrons. The molecule has 0 radical (unpaired) electrons. The fraction of sp³-hybridized carbons (Fsp3) is 0.529. The van der Waals surface area contributed by atoms with E-state index < -0.39 is 22.2 Å². The molecule has 2 aliphatic rings. The van der Waals surface area contributed by atoms with Gasteiger partial charge >= 0.3 is 6.03 Å². The summed E-state index contributed by atoms with van der Waals surface area (Å²) in [6.45, 7) is 0.229. The zero-order valence-electron chi connectivity index (χ0n) is 15.4. The average molecular weight is 396 g/mol. The predicted molar refractivity (Wildman–Crippen MR) is 99.7 cm³/mol. The maximum absolute atomic E-state index is 12.6. The number of likely N-dealkylation sites (N-methyl/N-ethyl adjacent to an activating group) is 1. The molecule has 0 saturated carbocycles. The molecule has 1 aromatic rings. The summed E-state index contributed by atoms with van der Waals surface area (Å²) < 4.78 is 32.1. The lowest BCUT2D eigenvalue weighted by Crippen LogP contribution is -2.50. The molecule has 2 saturated heterocycles. The molecule has 27 heavy (non-hydrogen) atoms. The third-order valence-electron chi connectivity index (χ3n) is 4.74. The number of urea groups is 1. The Balaban J connectivity index is 1.76. The van der Waals surface area contributed by atoms with E-state index in [9.17, 15) is 18.0 Å². The van der Waals surface area contributed by atoms with Crippen LogP contribution in [0.3, 0.4) is 0 Å². The first kappa shape index (κ1) is 19.6. The average Bonchev–Trinajstić information content (AvgIpc) is 2.99. The molecule has 0 aliphatic carbocycles. The summed E-state index contributed by atoms with van der Waals surface area (Å²) >= 11 is 0. The Morgan fingerprint density at radius 2 is 1.93 bits per heavy atom. The Kier molecular flexibility index (Phi) is 5.68. The highest BCUT2D eigenvalue weighted by Crippen LogP contribution is 2.25. The minimum absolute atomic E-state index is 0.0459. The summed E-state index contributed by atoms with van der Waals surface area (Å²) in [6, 6.07) is 8.12. The van der Waals surface area contributed by atoms with E-state index in [2.05, 4.69) is 5.32 Å². The van der Waals surface area contributed by atoms with Crippen molar-refractivity contribution in [2.24, 2.45) is 0 Å². The summed E-state index contributed by atoms with van der Waals surface area (Å²) in [7, 11) is -0.492. The van der Waals surface area contributed by atoms with Gasteiger partial charge in [0.1, 0.15) is 0 Å². The molecule has 0 bridgehead atoms. The molecule has 2 aliphatic heterocycles. The van der Waals surface area contributed by atoms with Gasteiger partial charge in [0.25, 0.3) is 0 Å². The van der Waals surface area contributed by atoms with Crippen LogP contribution in [0.2, 0.25) is 0 Å². The van der Waals surface area contributed by atoms with Crippen molar-refractivity contribution in [1.29, 1.82) is 0 Å². The second kappa shape index (κ2) is 7.83. The zero-order valence-corrected chi connectivity index (χ0v) is 16.2. The lowest BCUT2D eigenvalue weighted by molar-refractivity contribution is -0.129. The summed E-state index contributed by atoms with van der Waals surface area (Å²) in [4.78, 5) is 27.6. The van der Waals surface area contributed by atoms with Gasteiger partial charge in [-0.25, -0.2) is 13.2 Å². The van der Waals surface area contributed by atoms with Gasteiger partial charge in [-0.15, -0.1) is 0 Å². The van der Waals surface area contributed by atoms with Crippen molar-refractivity contribution >= 4 is 27.6 Å². The van der Waals surface area contributed by atoms with Crippen LogP contribution in [0.1, 0.15) is 0 Å². The molecule has 2 fully saturated rings. The van der Waals surface area contributed by atoms with E-state index in [0.29, 0.717) is 5.69 Å². The molecule has 0 spiro atoms. The quantitative estimate of drug-likeness (QED) is 0.777. The lowest BCUT2D eigenvalue weighted by Gasteiger charge is -2.28. The number of hydrogen-bond donors (Lipinski definition) is 1. The van der Waals surface area contributed by atoms with E-state index in [1.165, 1.54) is 14.1 Å². The number of carbonyl (C=O) groups excluding carboxylic acids is 2. The number of anilines is 1. The van der Waals surface area contributed by atoms with Gasteiger partial charge in [-0.1, -0.05) is 18.2 Å². The minimum atomic E-state index is -3.65. The Bertz CT molecular complexity index is 799. The van der Waals surface area contributed by atoms with Crippen LogP contribution in [-0.4, -0.2) is 92.7 Å².